The van der Waals surface area contributed by atoms with Crippen molar-refractivity contribution in [1.29, 1.82) is 0 Å². The largest absolute Gasteiger partial charge is 0.349 e. The number of amides is 2. The number of benzene rings is 2. The van der Waals surface area contributed by atoms with Crippen LogP contribution >= 0.6 is 11.8 Å². The lowest BCUT2D eigenvalue weighted by Gasteiger charge is -2.35. The van der Waals surface area contributed by atoms with Gasteiger partial charge in [0.1, 0.15) is 0 Å². The lowest BCUT2D eigenvalue weighted by atomic mass is 9.92. The number of carbonyl (C=O) groups excluding carboxylic acids is 2. The van der Waals surface area contributed by atoms with E-state index in [1.54, 1.807) is 10.6 Å². The molecule has 7 nitrogen and oxygen atoms in total. The number of piperidine rings is 1. The zero-order valence-electron chi connectivity index (χ0n) is 22.9. The van der Waals surface area contributed by atoms with Crippen molar-refractivity contribution in [1.82, 2.24) is 19.8 Å². The predicted molar refractivity (Wildman–Crippen MR) is 156 cm³/mol. The Hall–Kier alpha value is -3.13. The van der Waals surface area contributed by atoms with E-state index in [-0.39, 0.29) is 29.2 Å². The summed E-state index contributed by atoms with van der Waals surface area (Å²) < 4.78 is 1.65. The van der Waals surface area contributed by atoms with Gasteiger partial charge in [-0.2, -0.15) is 0 Å². The molecule has 2 aliphatic rings. The van der Waals surface area contributed by atoms with Crippen molar-refractivity contribution in [2.24, 2.45) is 11.8 Å². The van der Waals surface area contributed by atoms with Gasteiger partial charge in [0.05, 0.1) is 23.2 Å². The zero-order chi connectivity index (χ0) is 27.4. The molecule has 1 saturated carbocycles. The molecule has 0 spiro atoms. The number of aromatic nitrogens is 2. The summed E-state index contributed by atoms with van der Waals surface area (Å²) in [5.41, 5.74) is 2.02. The molecule has 2 fully saturated rings. The molecule has 2 amide bonds. The molecule has 39 heavy (non-hydrogen) atoms. The van der Waals surface area contributed by atoms with Crippen molar-refractivity contribution in [3.05, 3.63) is 70.0 Å². The molecule has 1 aliphatic heterocycles. The minimum Gasteiger partial charge on any atom is -0.349 e. The monoisotopic (exact) mass is 546 g/mol. The van der Waals surface area contributed by atoms with Crippen LogP contribution in [0.4, 0.5) is 0 Å². The molecule has 1 aliphatic carbocycles. The van der Waals surface area contributed by atoms with Gasteiger partial charge in [-0.3, -0.25) is 19.0 Å². The number of nitrogens with zero attached hydrogens (tertiary/aromatic N) is 3. The number of likely N-dealkylation sites (tertiary alicyclic amines) is 1. The first kappa shape index (κ1) is 27.4. The fraction of sp³-hybridized carbons (Fsp3) is 0.484. The maximum absolute atomic E-state index is 13.5. The van der Waals surface area contributed by atoms with Gasteiger partial charge < -0.3 is 10.2 Å². The van der Waals surface area contributed by atoms with Crippen LogP contribution in [-0.4, -0.2) is 51.1 Å². The van der Waals surface area contributed by atoms with Crippen LogP contribution in [0.25, 0.3) is 10.9 Å². The fourth-order valence-corrected chi connectivity index (χ4v) is 6.84. The van der Waals surface area contributed by atoms with Crippen LogP contribution in [0.1, 0.15) is 68.3 Å². The second kappa shape index (κ2) is 12.4. The van der Waals surface area contributed by atoms with Crippen LogP contribution in [0, 0.1) is 11.8 Å². The summed E-state index contributed by atoms with van der Waals surface area (Å²) in [4.78, 5) is 46.1. The molecule has 0 radical (unpaired) electrons. The minimum atomic E-state index is -0.130. The highest BCUT2D eigenvalue weighted by Crippen LogP contribution is 2.24. The first-order valence-electron chi connectivity index (χ1n) is 14.2. The maximum atomic E-state index is 13.5. The quantitative estimate of drug-likeness (QED) is 0.329. The van der Waals surface area contributed by atoms with Crippen molar-refractivity contribution < 1.29 is 9.59 Å². The van der Waals surface area contributed by atoms with Gasteiger partial charge in [0.25, 0.3) is 11.5 Å². The molecule has 3 aromatic rings. The smallest absolute Gasteiger partial charge is 0.262 e. The molecular formula is C31H38N4O3S. The molecule has 1 saturated heterocycles. The van der Waals surface area contributed by atoms with Gasteiger partial charge in [-0.1, -0.05) is 69.1 Å². The summed E-state index contributed by atoms with van der Waals surface area (Å²) >= 11 is 1.32. The van der Waals surface area contributed by atoms with E-state index in [0.29, 0.717) is 40.0 Å². The lowest BCUT2D eigenvalue weighted by Crippen LogP contribution is -2.43. The molecule has 2 aromatic carbocycles. The van der Waals surface area contributed by atoms with Crippen LogP contribution in [0.5, 0.6) is 0 Å². The third kappa shape index (κ3) is 6.72. The van der Waals surface area contributed by atoms with E-state index in [2.05, 4.69) is 19.2 Å². The number of carbonyl (C=O) groups is 2. The highest BCUT2D eigenvalue weighted by Gasteiger charge is 2.26. The average molecular weight is 547 g/mol. The highest BCUT2D eigenvalue weighted by molar-refractivity contribution is 7.99. The van der Waals surface area contributed by atoms with Crippen LogP contribution in [0.15, 0.2) is 58.5 Å². The Labute approximate surface area is 234 Å². The van der Waals surface area contributed by atoms with E-state index < -0.39 is 0 Å². The number of rotatable bonds is 7. The second-order valence-corrected chi connectivity index (χ2v) is 12.3. The van der Waals surface area contributed by atoms with Crippen molar-refractivity contribution in [3.8, 4) is 0 Å². The molecule has 206 valence electrons. The number of thioether (sulfide) groups is 1. The van der Waals surface area contributed by atoms with Crippen molar-refractivity contribution in [2.75, 3.05) is 18.8 Å². The standard InChI is InChI=1S/C31H38N4O3S/c1-21-16-22(2)18-34(17-21)28(36)20-39-31-33-27-11-7-6-10-26(27)30(38)35(31)19-23-12-14-24(15-13-23)29(37)32-25-8-4-3-5-9-25/h6-7,10-15,21-22,25H,3-5,8-9,16-20H2,1-2H3,(H,32,37)/t21-,22-/m0/s1. The summed E-state index contributed by atoms with van der Waals surface area (Å²) in [6.07, 6.45) is 6.81. The second-order valence-electron chi connectivity index (χ2n) is 11.3. The van der Waals surface area contributed by atoms with Crippen molar-refractivity contribution in [3.63, 3.8) is 0 Å². The normalized spacial score (nSPS) is 20.2. The topological polar surface area (TPSA) is 84.3 Å². The van der Waals surface area contributed by atoms with Gasteiger partial charge in [-0.15, -0.1) is 0 Å². The first-order chi connectivity index (χ1) is 18.9. The van der Waals surface area contributed by atoms with E-state index in [0.717, 1.165) is 37.9 Å². The SMILES string of the molecule is C[C@H]1C[C@H](C)CN(C(=O)CSc2nc3ccccc3c(=O)n2Cc2ccc(C(=O)NC3CCCCC3)cc2)C1. The van der Waals surface area contributed by atoms with Crippen LogP contribution in [0.3, 0.4) is 0 Å². The number of fused-ring (bicyclic) bond motifs is 1. The summed E-state index contributed by atoms with van der Waals surface area (Å²) in [6.45, 7) is 6.26. The van der Waals surface area contributed by atoms with Crippen molar-refractivity contribution >= 4 is 34.5 Å². The fourth-order valence-electron chi connectivity index (χ4n) is 5.94. The van der Waals surface area contributed by atoms with E-state index in [1.807, 2.05) is 47.4 Å². The summed E-state index contributed by atoms with van der Waals surface area (Å²) in [5.74, 6) is 1.26. The molecule has 5 rings (SSSR count). The highest BCUT2D eigenvalue weighted by atomic mass is 32.2. The lowest BCUT2D eigenvalue weighted by molar-refractivity contribution is -0.130. The van der Waals surface area contributed by atoms with E-state index in [1.165, 1.54) is 31.0 Å². The van der Waals surface area contributed by atoms with E-state index in [9.17, 15) is 14.4 Å². The summed E-state index contributed by atoms with van der Waals surface area (Å²) in [5, 5.41) is 4.24. The molecule has 0 bridgehead atoms. The van der Waals surface area contributed by atoms with Gasteiger partial charge in [-0.05, 0) is 60.9 Å². The predicted octanol–water partition coefficient (Wildman–Crippen LogP) is 5.10. The third-order valence-corrected chi connectivity index (χ3v) is 8.83. The summed E-state index contributed by atoms with van der Waals surface area (Å²) in [6, 6.07) is 15.0. The average Bonchev–Trinajstić information content (AvgIpc) is 2.94. The van der Waals surface area contributed by atoms with Crippen LogP contribution in [0.2, 0.25) is 0 Å². The first-order valence-corrected chi connectivity index (χ1v) is 15.2. The number of hydrogen-bond donors (Lipinski definition) is 1. The van der Waals surface area contributed by atoms with E-state index >= 15 is 0 Å². The van der Waals surface area contributed by atoms with Crippen LogP contribution < -0.4 is 10.9 Å². The minimum absolute atomic E-state index is 0.0471. The third-order valence-electron chi connectivity index (χ3n) is 7.87. The Balaban J connectivity index is 1.33. The van der Waals surface area contributed by atoms with Crippen LogP contribution in [-0.2, 0) is 11.3 Å². The maximum Gasteiger partial charge on any atom is 0.262 e. The van der Waals surface area contributed by atoms with Gasteiger partial charge in [-0.25, -0.2) is 4.98 Å². The van der Waals surface area contributed by atoms with E-state index in [4.69, 9.17) is 4.98 Å². The Morgan fingerprint density at radius 1 is 0.974 bits per heavy atom. The summed E-state index contributed by atoms with van der Waals surface area (Å²) in [7, 11) is 0. The molecular weight excluding hydrogens is 508 g/mol. The van der Waals surface area contributed by atoms with Gasteiger partial charge in [0.2, 0.25) is 5.91 Å². The molecule has 8 heteroatoms. The number of hydrogen-bond acceptors (Lipinski definition) is 5. The molecule has 0 unspecified atom stereocenters. The number of nitrogens with one attached hydrogen (secondary N) is 1. The van der Waals surface area contributed by atoms with Gasteiger partial charge in [0.15, 0.2) is 5.16 Å². The zero-order valence-corrected chi connectivity index (χ0v) is 23.7. The van der Waals surface area contributed by atoms with Gasteiger partial charge in [0, 0.05) is 24.7 Å². The Morgan fingerprint density at radius 3 is 2.38 bits per heavy atom. The molecule has 2 heterocycles. The Morgan fingerprint density at radius 2 is 1.67 bits per heavy atom. The molecule has 1 N–H and O–H groups in total. The molecule has 2 atom stereocenters. The Kier molecular flexibility index (Phi) is 8.70. The van der Waals surface area contributed by atoms with Crippen molar-refractivity contribution in [2.45, 2.75) is 70.1 Å². The molecule has 1 aromatic heterocycles. The Bertz CT molecular complexity index is 1370. The number of para-hydroxylation sites is 1. The van der Waals surface area contributed by atoms with Gasteiger partial charge >= 0.3 is 0 Å².